The van der Waals surface area contributed by atoms with Crippen LogP contribution >= 0.6 is 11.3 Å². The second-order valence-electron chi connectivity index (χ2n) is 5.03. The lowest BCUT2D eigenvalue weighted by molar-refractivity contribution is -0.143. The highest BCUT2D eigenvalue weighted by atomic mass is 32.1. The Kier molecular flexibility index (Phi) is 3.71. The number of rotatable bonds is 4. The zero-order valence-corrected chi connectivity index (χ0v) is 11.1. The number of thiophene rings is 1. The standard InChI is InChI=1S/C13H17NO3S/c1-13(6-2-3-7-13)12(17)14-10(11(15)16)9-5-4-8-18-9/h4-5,8,10H,2-3,6-7H2,1H3,(H,14,17)(H,15,16). The van der Waals surface area contributed by atoms with Crippen LogP contribution in [0, 0.1) is 5.41 Å². The molecule has 5 heteroatoms. The molecule has 1 aliphatic rings. The number of carbonyl (C=O) groups is 2. The number of nitrogens with one attached hydrogen (secondary N) is 1. The summed E-state index contributed by atoms with van der Waals surface area (Å²) in [5.74, 6) is -1.15. The predicted molar refractivity (Wildman–Crippen MR) is 69.4 cm³/mol. The smallest absolute Gasteiger partial charge is 0.331 e. The van der Waals surface area contributed by atoms with Crippen molar-refractivity contribution in [3.05, 3.63) is 22.4 Å². The van der Waals surface area contributed by atoms with Crippen molar-refractivity contribution in [3.8, 4) is 0 Å². The molecule has 1 heterocycles. The third-order valence-electron chi connectivity index (χ3n) is 3.61. The molecule has 0 aliphatic heterocycles. The van der Waals surface area contributed by atoms with Gasteiger partial charge in [0.1, 0.15) is 0 Å². The van der Waals surface area contributed by atoms with Crippen LogP contribution in [-0.2, 0) is 9.59 Å². The van der Waals surface area contributed by atoms with Gasteiger partial charge in [0, 0.05) is 10.3 Å². The van der Waals surface area contributed by atoms with Crippen molar-refractivity contribution in [2.24, 2.45) is 5.41 Å². The molecule has 0 bridgehead atoms. The van der Waals surface area contributed by atoms with E-state index in [4.69, 9.17) is 0 Å². The maximum Gasteiger partial charge on any atom is 0.331 e. The van der Waals surface area contributed by atoms with Crippen LogP contribution in [0.15, 0.2) is 17.5 Å². The Labute approximate surface area is 110 Å². The van der Waals surface area contributed by atoms with Gasteiger partial charge in [-0.2, -0.15) is 0 Å². The van der Waals surface area contributed by atoms with Gasteiger partial charge in [0.2, 0.25) is 5.91 Å². The molecule has 1 aromatic rings. The fourth-order valence-corrected chi connectivity index (χ4v) is 3.17. The number of aliphatic carboxylic acids is 1. The largest absolute Gasteiger partial charge is 0.479 e. The highest BCUT2D eigenvalue weighted by molar-refractivity contribution is 7.10. The van der Waals surface area contributed by atoms with Crippen LogP contribution in [0.1, 0.15) is 43.5 Å². The van der Waals surface area contributed by atoms with Gasteiger partial charge in [-0.05, 0) is 24.3 Å². The van der Waals surface area contributed by atoms with E-state index < -0.39 is 17.4 Å². The van der Waals surface area contributed by atoms with Crippen LogP contribution in [-0.4, -0.2) is 17.0 Å². The summed E-state index contributed by atoms with van der Waals surface area (Å²) in [4.78, 5) is 24.1. The minimum Gasteiger partial charge on any atom is -0.479 e. The lowest BCUT2D eigenvalue weighted by Gasteiger charge is -2.24. The average molecular weight is 267 g/mol. The summed E-state index contributed by atoms with van der Waals surface area (Å²) >= 11 is 1.35. The van der Waals surface area contributed by atoms with E-state index in [0.717, 1.165) is 25.7 Å². The summed E-state index contributed by atoms with van der Waals surface area (Å²) in [6, 6.07) is 2.61. The maximum atomic E-state index is 12.2. The van der Waals surface area contributed by atoms with Gasteiger partial charge < -0.3 is 10.4 Å². The molecule has 4 nitrogen and oxygen atoms in total. The second-order valence-corrected chi connectivity index (χ2v) is 6.01. The molecule has 0 saturated heterocycles. The molecule has 1 atom stereocenters. The number of hydrogen-bond donors (Lipinski definition) is 2. The van der Waals surface area contributed by atoms with Crippen molar-refractivity contribution in [1.82, 2.24) is 5.32 Å². The third-order valence-corrected chi connectivity index (χ3v) is 4.54. The van der Waals surface area contributed by atoms with Gasteiger partial charge >= 0.3 is 5.97 Å². The molecule has 2 N–H and O–H groups in total. The van der Waals surface area contributed by atoms with Crippen LogP contribution in [0.2, 0.25) is 0 Å². The number of hydrogen-bond acceptors (Lipinski definition) is 3. The highest BCUT2D eigenvalue weighted by Crippen LogP contribution is 2.38. The van der Waals surface area contributed by atoms with E-state index in [2.05, 4.69) is 5.32 Å². The van der Waals surface area contributed by atoms with Gasteiger partial charge in [-0.1, -0.05) is 25.8 Å². The molecule has 98 valence electrons. The molecule has 0 radical (unpaired) electrons. The normalized spacial score (nSPS) is 19.4. The monoisotopic (exact) mass is 267 g/mol. The summed E-state index contributed by atoms with van der Waals surface area (Å²) in [7, 11) is 0. The number of carboxylic acid groups (broad SMARTS) is 1. The summed E-state index contributed by atoms with van der Waals surface area (Å²) < 4.78 is 0. The molecule has 1 saturated carbocycles. The molecule has 1 amide bonds. The summed E-state index contributed by atoms with van der Waals surface area (Å²) in [5.41, 5.74) is -0.398. The van der Waals surface area contributed by atoms with E-state index in [1.807, 2.05) is 12.3 Å². The molecular formula is C13H17NO3S. The fraction of sp³-hybridized carbons (Fsp3) is 0.538. The zero-order valence-electron chi connectivity index (χ0n) is 10.3. The van der Waals surface area contributed by atoms with Crippen LogP contribution in [0.4, 0.5) is 0 Å². The molecule has 0 aromatic carbocycles. The molecule has 1 aliphatic carbocycles. The topological polar surface area (TPSA) is 66.4 Å². The Bertz CT molecular complexity index is 435. The Morgan fingerprint density at radius 3 is 2.61 bits per heavy atom. The van der Waals surface area contributed by atoms with Crippen molar-refractivity contribution in [2.45, 2.75) is 38.6 Å². The SMILES string of the molecule is CC1(C(=O)NC(C(=O)O)c2cccs2)CCCC1. The number of carbonyl (C=O) groups excluding carboxylic acids is 1. The Morgan fingerprint density at radius 1 is 1.44 bits per heavy atom. The maximum absolute atomic E-state index is 12.2. The van der Waals surface area contributed by atoms with Gasteiger partial charge in [0.05, 0.1) is 0 Å². The van der Waals surface area contributed by atoms with Crippen molar-refractivity contribution < 1.29 is 14.7 Å². The van der Waals surface area contributed by atoms with Gasteiger partial charge in [0.25, 0.3) is 0 Å². The molecular weight excluding hydrogens is 250 g/mol. The van der Waals surface area contributed by atoms with E-state index in [1.54, 1.807) is 12.1 Å². The predicted octanol–water partition coefficient (Wildman–Crippen LogP) is 2.57. The van der Waals surface area contributed by atoms with E-state index in [1.165, 1.54) is 11.3 Å². The molecule has 1 unspecified atom stereocenters. The third kappa shape index (κ3) is 2.56. The molecule has 1 aromatic heterocycles. The van der Waals surface area contributed by atoms with E-state index in [-0.39, 0.29) is 5.91 Å². The first-order valence-electron chi connectivity index (χ1n) is 6.10. The Morgan fingerprint density at radius 2 is 2.11 bits per heavy atom. The highest BCUT2D eigenvalue weighted by Gasteiger charge is 2.38. The van der Waals surface area contributed by atoms with Crippen molar-refractivity contribution in [3.63, 3.8) is 0 Å². The Balaban J connectivity index is 2.10. The van der Waals surface area contributed by atoms with Crippen LogP contribution in [0.3, 0.4) is 0 Å². The summed E-state index contributed by atoms with van der Waals surface area (Å²) in [6.45, 7) is 1.92. The minimum atomic E-state index is -1.01. The quantitative estimate of drug-likeness (QED) is 0.881. The van der Waals surface area contributed by atoms with Crippen molar-refractivity contribution in [1.29, 1.82) is 0 Å². The lowest BCUT2D eigenvalue weighted by Crippen LogP contribution is -2.41. The van der Waals surface area contributed by atoms with Gasteiger partial charge in [-0.15, -0.1) is 11.3 Å². The fourth-order valence-electron chi connectivity index (χ4n) is 2.40. The van der Waals surface area contributed by atoms with Gasteiger partial charge in [0.15, 0.2) is 6.04 Å². The van der Waals surface area contributed by atoms with Crippen molar-refractivity contribution in [2.75, 3.05) is 0 Å². The zero-order chi connectivity index (χ0) is 13.2. The molecule has 2 rings (SSSR count). The van der Waals surface area contributed by atoms with Crippen molar-refractivity contribution >= 4 is 23.2 Å². The molecule has 0 spiro atoms. The van der Waals surface area contributed by atoms with Gasteiger partial charge in [-0.3, -0.25) is 4.79 Å². The number of carboxylic acids is 1. The second kappa shape index (κ2) is 5.10. The van der Waals surface area contributed by atoms with Crippen LogP contribution in [0.5, 0.6) is 0 Å². The summed E-state index contributed by atoms with van der Waals surface area (Å²) in [6.07, 6.45) is 3.77. The van der Waals surface area contributed by atoms with Gasteiger partial charge in [-0.25, -0.2) is 4.79 Å². The van der Waals surface area contributed by atoms with E-state index in [0.29, 0.717) is 4.88 Å². The van der Waals surface area contributed by atoms with E-state index in [9.17, 15) is 14.7 Å². The molecule has 1 fully saturated rings. The van der Waals surface area contributed by atoms with Crippen LogP contribution < -0.4 is 5.32 Å². The molecule has 18 heavy (non-hydrogen) atoms. The first-order valence-corrected chi connectivity index (χ1v) is 6.98. The first kappa shape index (κ1) is 13.1. The summed E-state index contributed by atoms with van der Waals surface area (Å²) in [5, 5.41) is 13.7. The van der Waals surface area contributed by atoms with E-state index >= 15 is 0 Å². The lowest BCUT2D eigenvalue weighted by atomic mass is 9.87. The average Bonchev–Trinajstić information content (AvgIpc) is 2.96. The van der Waals surface area contributed by atoms with Crippen LogP contribution in [0.25, 0.3) is 0 Å². The minimum absolute atomic E-state index is 0.138. The number of amides is 1. The Hall–Kier alpha value is -1.36. The first-order chi connectivity index (χ1) is 8.53.